The van der Waals surface area contributed by atoms with Crippen molar-refractivity contribution < 1.29 is 8.42 Å². The standard InChI is InChI=1S/C18H20N4O2S/c1-4-16(13-7-9-14(10-8-13)25(3,23)24)22-18-15-6-5-11-19-17(15)20-12(2)21-18/h5-11,16H,4H2,1-3H3,(H,19,20,21,22)/t16-/m1/s1. The number of benzene rings is 1. The molecular weight excluding hydrogens is 336 g/mol. The Labute approximate surface area is 147 Å². The van der Waals surface area contributed by atoms with Crippen molar-refractivity contribution in [1.82, 2.24) is 15.0 Å². The van der Waals surface area contributed by atoms with E-state index in [1.54, 1.807) is 18.3 Å². The van der Waals surface area contributed by atoms with E-state index in [9.17, 15) is 8.42 Å². The fraction of sp³-hybridized carbons (Fsp3) is 0.278. The SMILES string of the molecule is CC[C@@H](Nc1nc(C)nc2ncccc12)c1ccc(S(C)(=O)=O)cc1. The van der Waals surface area contributed by atoms with Crippen LogP contribution in [0.2, 0.25) is 0 Å². The molecule has 0 aliphatic rings. The van der Waals surface area contributed by atoms with Crippen LogP contribution < -0.4 is 5.32 Å². The monoisotopic (exact) mass is 356 g/mol. The van der Waals surface area contributed by atoms with Crippen LogP contribution in [0.25, 0.3) is 11.0 Å². The van der Waals surface area contributed by atoms with Gasteiger partial charge in [-0.25, -0.2) is 23.4 Å². The summed E-state index contributed by atoms with van der Waals surface area (Å²) in [6, 6.07) is 10.8. The van der Waals surface area contributed by atoms with Crippen LogP contribution >= 0.6 is 0 Å². The van der Waals surface area contributed by atoms with Crippen molar-refractivity contribution in [2.24, 2.45) is 0 Å². The second-order valence-corrected chi connectivity index (χ2v) is 7.96. The molecule has 1 N–H and O–H groups in total. The number of rotatable bonds is 5. The molecule has 0 spiro atoms. The van der Waals surface area contributed by atoms with Gasteiger partial charge in [-0.15, -0.1) is 0 Å². The molecule has 0 unspecified atom stereocenters. The molecule has 0 saturated heterocycles. The van der Waals surface area contributed by atoms with Gasteiger partial charge in [0.25, 0.3) is 0 Å². The fourth-order valence-electron chi connectivity index (χ4n) is 2.71. The van der Waals surface area contributed by atoms with Crippen LogP contribution in [0.1, 0.15) is 30.8 Å². The van der Waals surface area contributed by atoms with Gasteiger partial charge in [0.1, 0.15) is 11.6 Å². The Kier molecular flexibility index (Phi) is 4.67. The zero-order valence-electron chi connectivity index (χ0n) is 14.4. The van der Waals surface area contributed by atoms with Crippen molar-refractivity contribution in [3.63, 3.8) is 0 Å². The molecule has 0 amide bonds. The molecule has 1 aromatic carbocycles. The summed E-state index contributed by atoms with van der Waals surface area (Å²) in [5, 5.41) is 4.31. The molecule has 7 heteroatoms. The second-order valence-electron chi connectivity index (χ2n) is 5.94. The maximum atomic E-state index is 11.6. The Morgan fingerprint density at radius 3 is 2.48 bits per heavy atom. The summed E-state index contributed by atoms with van der Waals surface area (Å²) < 4.78 is 23.2. The third kappa shape index (κ3) is 3.76. The molecule has 2 aromatic heterocycles. The molecule has 0 aliphatic carbocycles. The summed E-state index contributed by atoms with van der Waals surface area (Å²) in [5.41, 5.74) is 1.66. The van der Waals surface area contributed by atoms with E-state index in [1.165, 1.54) is 6.26 Å². The minimum absolute atomic E-state index is 0.00585. The van der Waals surface area contributed by atoms with Gasteiger partial charge in [-0.05, 0) is 43.2 Å². The summed E-state index contributed by atoms with van der Waals surface area (Å²) in [5.74, 6) is 1.38. The van der Waals surface area contributed by atoms with Gasteiger partial charge in [0.15, 0.2) is 15.5 Å². The number of hydrogen-bond donors (Lipinski definition) is 1. The molecule has 130 valence electrons. The number of nitrogens with one attached hydrogen (secondary N) is 1. The highest BCUT2D eigenvalue weighted by molar-refractivity contribution is 7.90. The Balaban J connectivity index is 1.95. The number of hydrogen-bond acceptors (Lipinski definition) is 6. The first kappa shape index (κ1) is 17.3. The molecule has 0 fully saturated rings. The molecule has 0 radical (unpaired) electrons. The van der Waals surface area contributed by atoms with Crippen molar-refractivity contribution in [1.29, 1.82) is 0 Å². The van der Waals surface area contributed by atoms with Crippen molar-refractivity contribution in [3.8, 4) is 0 Å². The number of nitrogens with zero attached hydrogens (tertiary/aromatic N) is 3. The molecular formula is C18H20N4O2S. The quantitative estimate of drug-likeness (QED) is 0.755. The van der Waals surface area contributed by atoms with E-state index >= 15 is 0 Å². The van der Waals surface area contributed by atoms with Gasteiger partial charge in [-0.2, -0.15) is 0 Å². The zero-order chi connectivity index (χ0) is 18.0. The average molecular weight is 356 g/mol. The second kappa shape index (κ2) is 6.76. The number of fused-ring (bicyclic) bond motifs is 1. The molecule has 25 heavy (non-hydrogen) atoms. The van der Waals surface area contributed by atoms with Gasteiger partial charge in [-0.1, -0.05) is 19.1 Å². The number of sulfone groups is 1. The largest absolute Gasteiger partial charge is 0.363 e. The van der Waals surface area contributed by atoms with Crippen LogP contribution in [0.15, 0.2) is 47.5 Å². The number of aryl methyl sites for hydroxylation is 1. The molecule has 3 aromatic rings. The lowest BCUT2D eigenvalue weighted by Gasteiger charge is -2.19. The average Bonchev–Trinajstić information content (AvgIpc) is 2.58. The van der Waals surface area contributed by atoms with Gasteiger partial charge in [0, 0.05) is 12.5 Å². The van der Waals surface area contributed by atoms with Gasteiger partial charge in [-0.3, -0.25) is 0 Å². The van der Waals surface area contributed by atoms with Crippen molar-refractivity contribution in [2.75, 3.05) is 11.6 Å². The Morgan fingerprint density at radius 1 is 1.12 bits per heavy atom. The normalized spacial score (nSPS) is 12.9. The predicted molar refractivity (Wildman–Crippen MR) is 98.3 cm³/mol. The number of aromatic nitrogens is 3. The predicted octanol–water partition coefficient (Wildman–Crippen LogP) is 3.30. The Bertz CT molecular complexity index is 1000. The Hall–Kier alpha value is -2.54. The van der Waals surface area contributed by atoms with Crippen LogP contribution in [0.5, 0.6) is 0 Å². The van der Waals surface area contributed by atoms with E-state index in [0.29, 0.717) is 16.4 Å². The van der Waals surface area contributed by atoms with E-state index < -0.39 is 9.84 Å². The summed E-state index contributed by atoms with van der Waals surface area (Å²) in [4.78, 5) is 13.5. The summed E-state index contributed by atoms with van der Waals surface area (Å²) in [6.45, 7) is 3.90. The lowest BCUT2D eigenvalue weighted by atomic mass is 10.0. The third-order valence-corrected chi connectivity index (χ3v) is 5.14. The molecule has 0 aliphatic heterocycles. The number of anilines is 1. The van der Waals surface area contributed by atoms with E-state index in [-0.39, 0.29) is 6.04 Å². The molecule has 1 atom stereocenters. The van der Waals surface area contributed by atoms with Gasteiger partial charge in [0.05, 0.1) is 16.3 Å². The third-order valence-electron chi connectivity index (χ3n) is 4.01. The fourth-order valence-corrected chi connectivity index (χ4v) is 3.35. The van der Waals surface area contributed by atoms with E-state index in [2.05, 4.69) is 27.2 Å². The molecule has 0 saturated carbocycles. The highest BCUT2D eigenvalue weighted by atomic mass is 32.2. The van der Waals surface area contributed by atoms with E-state index in [4.69, 9.17) is 0 Å². The first-order valence-electron chi connectivity index (χ1n) is 8.04. The Morgan fingerprint density at radius 2 is 1.84 bits per heavy atom. The molecule has 2 heterocycles. The van der Waals surface area contributed by atoms with Crippen molar-refractivity contribution >= 4 is 26.7 Å². The van der Waals surface area contributed by atoms with Crippen molar-refractivity contribution in [2.45, 2.75) is 31.2 Å². The maximum absolute atomic E-state index is 11.6. The first-order chi connectivity index (χ1) is 11.9. The highest BCUT2D eigenvalue weighted by Gasteiger charge is 2.14. The first-order valence-corrected chi connectivity index (χ1v) is 9.93. The lowest BCUT2D eigenvalue weighted by molar-refractivity contribution is 0.601. The van der Waals surface area contributed by atoms with E-state index in [0.717, 1.165) is 23.2 Å². The molecule has 6 nitrogen and oxygen atoms in total. The topological polar surface area (TPSA) is 84.8 Å². The number of pyridine rings is 1. The van der Waals surface area contributed by atoms with Crippen LogP contribution in [-0.4, -0.2) is 29.6 Å². The molecule has 0 bridgehead atoms. The van der Waals surface area contributed by atoms with Gasteiger partial charge in [0.2, 0.25) is 0 Å². The van der Waals surface area contributed by atoms with Crippen molar-refractivity contribution in [3.05, 3.63) is 54.0 Å². The van der Waals surface area contributed by atoms with Gasteiger partial charge >= 0.3 is 0 Å². The minimum Gasteiger partial charge on any atom is -0.363 e. The van der Waals surface area contributed by atoms with Crippen LogP contribution in [0.4, 0.5) is 5.82 Å². The van der Waals surface area contributed by atoms with E-state index in [1.807, 2.05) is 31.2 Å². The van der Waals surface area contributed by atoms with Crippen LogP contribution in [0, 0.1) is 6.92 Å². The lowest BCUT2D eigenvalue weighted by Crippen LogP contribution is -2.12. The molecule has 3 rings (SSSR count). The highest BCUT2D eigenvalue weighted by Crippen LogP contribution is 2.26. The minimum atomic E-state index is -3.19. The maximum Gasteiger partial charge on any atom is 0.175 e. The smallest absolute Gasteiger partial charge is 0.175 e. The summed E-state index contributed by atoms with van der Waals surface area (Å²) >= 11 is 0. The van der Waals surface area contributed by atoms with Gasteiger partial charge < -0.3 is 5.32 Å². The summed E-state index contributed by atoms with van der Waals surface area (Å²) in [7, 11) is -3.19. The van der Waals surface area contributed by atoms with Crippen LogP contribution in [-0.2, 0) is 9.84 Å². The zero-order valence-corrected chi connectivity index (χ0v) is 15.2. The summed E-state index contributed by atoms with van der Waals surface area (Å²) in [6.07, 6.45) is 3.74. The van der Waals surface area contributed by atoms with Crippen LogP contribution in [0.3, 0.4) is 0 Å².